The summed E-state index contributed by atoms with van der Waals surface area (Å²) in [4.78, 5) is 110. The highest BCUT2D eigenvalue weighted by molar-refractivity contribution is 5.96. The summed E-state index contributed by atoms with van der Waals surface area (Å²) < 4.78 is 21.6. The van der Waals surface area contributed by atoms with Gasteiger partial charge in [-0.25, -0.2) is 19.2 Å². The second-order valence-corrected chi connectivity index (χ2v) is 23.4. The van der Waals surface area contributed by atoms with Gasteiger partial charge in [0.25, 0.3) is 0 Å². The van der Waals surface area contributed by atoms with Gasteiger partial charge in [-0.2, -0.15) is 0 Å². The molecule has 0 unspecified atom stereocenters. The summed E-state index contributed by atoms with van der Waals surface area (Å²) in [5.74, 6) is -3.72. The van der Waals surface area contributed by atoms with E-state index in [-0.39, 0.29) is 80.9 Å². The van der Waals surface area contributed by atoms with Crippen LogP contribution in [-0.2, 0) is 51.0 Å². The molecule has 1 saturated heterocycles. The van der Waals surface area contributed by atoms with Crippen molar-refractivity contribution in [3.05, 3.63) is 47.5 Å². The summed E-state index contributed by atoms with van der Waals surface area (Å²) in [5.41, 5.74) is -1.85. The Hall–Kier alpha value is -7.04. The smallest absolute Gasteiger partial charge is 0.408 e. The lowest BCUT2D eigenvalue weighted by Gasteiger charge is -2.31. The van der Waals surface area contributed by atoms with Crippen molar-refractivity contribution in [1.29, 1.82) is 0 Å². The maximum absolute atomic E-state index is 15.0. The van der Waals surface area contributed by atoms with E-state index in [2.05, 4.69) is 37.2 Å². The van der Waals surface area contributed by atoms with Gasteiger partial charge in [0.05, 0.1) is 6.10 Å². The van der Waals surface area contributed by atoms with Crippen LogP contribution in [0.1, 0.15) is 133 Å². The van der Waals surface area contributed by atoms with E-state index in [0.717, 1.165) is 4.90 Å². The molecule has 1 fully saturated rings. The van der Waals surface area contributed by atoms with Crippen LogP contribution in [-0.4, -0.2) is 153 Å². The summed E-state index contributed by atoms with van der Waals surface area (Å²) in [6, 6.07) is 2.78. The minimum atomic E-state index is -1.55. The third-order valence-corrected chi connectivity index (χ3v) is 11.7. The van der Waals surface area contributed by atoms with Crippen LogP contribution in [0.2, 0.25) is 0 Å². The van der Waals surface area contributed by atoms with Crippen LogP contribution in [0.3, 0.4) is 0 Å². The van der Waals surface area contributed by atoms with Gasteiger partial charge in [0.15, 0.2) is 0 Å². The van der Waals surface area contributed by atoms with Crippen LogP contribution in [0.4, 0.5) is 19.2 Å². The molecule has 2 aliphatic heterocycles. The molecule has 2 aromatic rings. The van der Waals surface area contributed by atoms with E-state index in [1.165, 1.54) is 12.1 Å². The number of ether oxygens (including phenoxy) is 4. The average Bonchev–Trinajstić information content (AvgIpc) is 3.68. The highest BCUT2D eigenvalue weighted by Crippen LogP contribution is 2.32. The zero-order valence-electron chi connectivity index (χ0n) is 46.6. The number of likely N-dealkylation sites (tertiary alicyclic amines) is 1. The minimum Gasteiger partial charge on any atom is -0.508 e. The molecule has 0 aromatic heterocycles. The van der Waals surface area contributed by atoms with Gasteiger partial charge in [-0.3, -0.25) is 19.2 Å². The number of carbonyl (C=O) groups is 8. The standard InChI is InChI=1S/C54H82N8O15/c1-51(2,3)74-47(70)55-22-14-13-16-35(58-49(72)76-53(7,8)9)29-57-45(68)40-28-36(63)30-62(40)46(69)39-27-34-25-32(19-21-42(34)65)31-18-20-41(64)33(24-31)26-38(61-50(73)77-54(10,11)12)44(67)59-37(43(66)60-39)17-15-23-56-48(71)75-52(4,5)6/h18-21,24-25,35-40,63-65H,13-17,22-23,26-30H2,1-12H3,(H,55,70)(H,56,71)(H,57,68)(H,58,72)(H,59,67)(H,60,66)(H,61,73)/t35-,36+,37-,38-,39-,40-/m0/s1. The van der Waals surface area contributed by atoms with Crippen molar-refractivity contribution in [2.45, 2.75) is 193 Å². The SMILES string of the molecule is CC(C)(C)OC(=O)NCCCC[C@@H](CNC(=O)[C@@H]1C[C@@H](O)CN1C(=O)[C@@H]1Cc2cc(ccc2O)-c2ccc(O)c(c2)C[C@H](NC(=O)OC(C)(C)C)C(=O)N[C@@H](CCCNC(=O)OC(C)(C)C)C(=O)N1)NC(=O)OC(C)(C)C. The number of benzene rings is 2. The number of fused-ring (bicyclic) bond motifs is 5. The van der Waals surface area contributed by atoms with Crippen molar-refractivity contribution in [3.8, 4) is 22.6 Å². The topological polar surface area (TPSA) is 322 Å². The first kappa shape index (κ1) is 62.5. The molecule has 77 heavy (non-hydrogen) atoms. The second-order valence-electron chi connectivity index (χ2n) is 23.4. The van der Waals surface area contributed by atoms with E-state index in [0.29, 0.717) is 30.4 Å². The Kier molecular flexibility index (Phi) is 21.8. The molecular formula is C54H82N8O15. The van der Waals surface area contributed by atoms with Crippen LogP contribution >= 0.6 is 0 Å². The predicted octanol–water partition coefficient (Wildman–Crippen LogP) is 4.70. The van der Waals surface area contributed by atoms with Gasteiger partial charge in [0, 0.05) is 51.5 Å². The molecular weight excluding hydrogens is 1000 g/mol. The molecule has 2 aliphatic rings. The van der Waals surface area contributed by atoms with Crippen molar-refractivity contribution >= 4 is 48.0 Å². The Morgan fingerprint density at radius 3 is 1.70 bits per heavy atom. The van der Waals surface area contributed by atoms with Gasteiger partial charge in [-0.15, -0.1) is 0 Å². The number of nitrogens with one attached hydrogen (secondary N) is 7. The van der Waals surface area contributed by atoms with Crippen molar-refractivity contribution < 1.29 is 72.6 Å². The Labute approximate surface area is 451 Å². The highest BCUT2D eigenvalue weighted by atomic mass is 16.6. The number of phenolic OH excluding ortho intramolecular Hbond substituents is 2. The highest BCUT2D eigenvalue weighted by Gasteiger charge is 2.43. The minimum absolute atomic E-state index is 0.0141. The molecule has 23 heteroatoms. The maximum atomic E-state index is 15.0. The van der Waals surface area contributed by atoms with Gasteiger partial charge in [-0.1, -0.05) is 12.1 Å². The average molecular weight is 1080 g/mol. The number of hydrogen-bond acceptors (Lipinski definition) is 15. The molecule has 0 radical (unpaired) electrons. The zero-order valence-corrected chi connectivity index (χ0v) is 46.6. The molecule has 4 bridgehead atoms. The first-order valence-corrected chi connectivity index (χ1v) is 26.1. The van der Waals surface area contributed by atoms with Gasteiger partial charge in [-0.05, 0) is 162 Å². The lowest BCUT2D eigenvalue weighted by atomic mass is 9.95. The van der Waals surface area contributed by atoms with E-state index in [9.17, 15) is 48.9 Å². The second kappa shape index (κ2) is 26.8. The third kappa shape index (κ3) is 21.8. The Balaban J connectivity index is 1.69. The molecule has 6 atom stereocenters. The number of hydrogen-bond donors (Lipinski definition) is 10. The van der Waals surface area contributed by atoms with E-state index in [4.69, 9.17) is 18.9 Å². The lowest BCUT2D eigenvalue weighted by molar-refractivity contribution is -0.142. The van der Waals surface area contributed by atoms with Crippen molar-refractivity contribution in [2.24, 2.45) is 0 Å². The van der Waals surface area contributed by atoms with Crippen LogP contribution < -0.4 is 37.2 Å². The maximum Gasteiger partial charge on any atom is 0.408 e. The number of rotatable bonds is 15. The molecule has 0 aliphatic carbocycles. The number of aromatic hydroxyl groups is 2. The number of phenols is 2. The summed E-state index contributed by atoms with van der Waals surface area (Å²) in [7, 11) is 0. The fraction of sp³-hybridized carbons (Fsp3) is 0.630. The van der Waals surface area contributed by atoms with E-state index < -0.39 is 107 Å². The Morgan fingerprint density at radius 1 is 0.649 bits per heavy atom. The molecule has 0 spiro atoms. The first-order valence-electron chi connectivity index (χ1n) is 26.1. The van der Waals surface area contributed by atoms with Crippen LogP contribution in [0, 0.1) is 0 Å². The zero-order chi connectivity index (χ0) is 57.6. The molecule has 2 heterocycles. The van der Waals surface area contributed by atoms with E-state index >= 15 is 4.79 Å². The summed E-state index contributed by atoms with van der Waals surface area (Å²) in [6.45, 7) is 20.1. The van der Waals surface area contributed by atoms with Gasteiger partial charge < -0.3 is 76.4 Å². The van der Waals surface area contributed by atoms with Crippen molar-refractivity contribution in [3.63, 3.8) is 0 Å². The normalized spacial score (nSPS) is 19.6. The Bertz CT molecular complexity index is 2420. The van der Waals surface area contributed by atoms with E-state index in [1.54, 1.807) is 107 Å². The predicted molar refractivity (Wildman–Crippen MR) is 283 cm³/mol. The molecule has 10 N–H and O–H groups in total. The van der Waals surface area contributed by atoms with Crippen LogP contribution in [0.15, 0.2) is 36.4 Å². The quantitative estimate of drug-likeness (QED) is 0.0854. The lowest BCUT2D eigenvalue weighted by Crippen LogP contribution is -2.59. The van der Waals surface area contributed by atoms with E-state index in [1.807, 2.05) is 0 Å². The first-order chi connectivity index (χ1) is 35.6. The van der Waals surface area contributed by atoms with Crippen LogP contribution in [0.25, 0.3) is 11.1 Å². The van der Waals surface area contributed by atoms with Gasteiger partial charge in [0.1, 0.15) is 58.1 Å². The van der Waals surface area contributed by atoms with Gasteiger partial charge in [0.2, 0.25) is 23.6 Å². The molecule has 2 aromatic carbocycles. The number of unbranched alkanes of at least 4 members (excludes halogenated alkanes) is 1. The monoisotopic (exact) mass is 1080 g/mol. The molecule has 4 rings (SSSR count). The van der Waals surface area contributed by atoms with Crippen LogP contribution in [0.5, 0.6) is 11.5 Å². The number of carbonyl (C=O) groups excluding carboxylic acids is 8. The number of β-amino-alcohol motifs (C(OH)–C–C–N with tert-alkyl or cyclic N) is 1. The number of alkyl carbamates (subject to hydrolysis) is 4. The third-order valence-electron chi connectivity index (χ3n) is 11.7. The van der Waals surface area contributed by atoms with Gasteiger partial charge >= 0.3 is 24.4 Å². The fourth-order valence-corrected chi connectivity index (χ4v) is 8.35. The number of nitrogens with zero attached hydrogens (tertiary/aromatic N) is 1. The fourth-order valence-electron chi connectivity index (χ4n) is 8.35. The molecule has 428 valence electrons. The summed E-state index contributed by atoms with van der Waals surface area (Å²) in [5, 5.41) is 52.3. The molecule has 23 nitrogen and oxygen atoms in total. The van der Waals surface area contributed by atoms with Crippen molar-refractivity contribution in [1.82, 2.24) is 42.1 Å². The molecule has 0 saturated carbocycles. The largest absolute Gasteiger partial charge is 0.508 e. The summed E-state index contributed by atoms with van der Waals surface area (Å²) >= 11 is 0. The summed E-state index contributed by atoms with van der Waals surface area (Å²) in [6.07, 6.45) is -3.76. The Morgan fingerprint density at radius 2 is 1.16 bits per heavy atom. The number of aliphatic hydroxyl groups excluding tert-OH is 1. The van der Waals surface area contributed by atoms with Crippen molar-refractivity contribution in [2.75, 3.05) is 26.2 Å². The number of aliphatic hydroxyl groups is 1. The number of amides is 8. The molecule has 8 amide bonds.